The fraction of sp³-hybridized carbons (Fsp3) is 0.778. The number of hydrogen-bond acceptors (Lipinski definition) is 4. The highest BCUT2D eigenvalue weighted by molar-refractivity contribution is 4.84. The Bertz CT molecular complexity index is 262. The lowest BCUT2D eigenvalue weighted by molar-refractivity contribution is 0.113. The SMILES string of the molecule is CC1OCCC1NCCc1ncn[nH]1. The molecule has 0 amide bonds. The van der Waals surface area contributed by atoms with Crippen LogP contribution in [0.5, 0.6) is 0 Å². The lowest BCUT2D eigenvalue weighted by Crippen LogP contribution is -2.36. The summed E-state index contributed by atoms with van der Waals surface area (Å²) >= 11 is 0. The van der Waals surface area contributed by atoms with Gasteiger partial charge in [0.15, 0.2) is 0 Å². The Morgan fingerprint density at radius 2 is 2.64 bits per heavy atom. The van der Waals surface area contributed by atoms with Crippen molar-refractivity contribution in [2.75, 3.05) is 13.2 Å². The van der Waals surface area contributed by atoms with Gasteiger partial charge in [0.2, 0.25) is 0 Å². The van der Waals surface area contributed by atoms with Crippen molar-refractivity contribution in [3.8, 4) is 0 Å². The first kappa shape index (κ1) is 9.61. The maximum atomic E-state index is 5.45. The van der Waals surface area contributed by atoms with Gasteiger partial charge >= 0.3 is 0 Å². The van der Waals surface area contributed by atoms with E-state index in [4.69, 9.17) is 4.74 Å². The molecule has 5 heteroatoms. The van der Waals surface area contributed by atoms with Crippen LogP contribution in [0.1, 0.15) is 19.2 Å². The highest BCUT2D eigenvalue weighted by atomic mass is 16.5. The van der Waals surface area contributed by atoms with E-state index in [-0.39, 0.29) is 0 Å². The number of ether oxygens (including phenoxy) is 1. The molecule has 1 fully saturated rings. The summed E-state index contributed by atoms with van der Waals surface area (Å²) in [4.78, 5) is 4.06. The van der Waals surface area contributed by atoms with Crippen LogP contribution in [-0.2, 0) is 11.2 Å². The summed E-state index contributed by atoms with van der Waals surface area (Å²) in [6.45, 7) is 3.91. The van der Waals surface area contributed by atoms with Gasteiger partial charge in [-0.05, 0) is 13.3 Å². The van der Waals surface area contributed by atoms with E-state index in [2.05, 4.69) is 27.4 Å². The first-order valence-corrected chi connectivity index (χ1v) is 5.05. The monoisotopic (exact) mass is 196 g/mol. The molecule has 2 heterocycles. The van der Waals surface area contributed by atoms with Gasteiger partial charge in [-0.25, -0.2) is 4.98 Å². The molecule has 0 aliphatic carbocycles. The molecule has 0 spiro atoms. The van der Waals surface area contributed by atoms with Crippen molar-refractivity contribution in [2.24, 2.45) is 0 Å². The number of nitrogens with zero attached hydrogens (tertiary/aromatic N) is 2. The number of H-pyrrole nitrogens is 1. The predicted octanol–water partition coefficient (Wildman–Crippen LogP) is 0.114. The van der Waals surface area contributed by atoms with Crippen LogP contribution in [0.25, 0.3) is 0 Å². The van der Waals surface area contributed by atoms with Crippen LogP contribution in [0, 0.1) is 0 Å². The Balaban J connectivity index is 1.68. The molecule has 1 aliphatic heterocycles. The second-order valence-corrected chi connectivity index (χ2v) is 3.61. The third-order valence-electron chi connectivity index (χ3n) is 2.61. The van der Waals surface area contributed by atoms with Gasteiger partial charge in [-0.3, -0.25) is 5.10 Å². The zero-order valence-electron chi connectivity index (χ0n) is 8.36. The van der Waals surface area contributed by atoms with E-state index in [1.54, 1.807) is 0 Å². The predicted molar refractivity (Wildman–Crippen MR) is 51.9 cm³/mol. The molecular weight excluding hydrogens is 180 g/mol. The molecule has 14 heavy (non-hydrogen) atoms. The molecule has 1 aliphatic rings. The average Bonchev–Trinajstić information content (AvgIpc) is 2.78. The van der Waals surface area contributed by atoms with Crippen molar-refractivity contribution in [2.45, 2.75) is 31.9 Å². The summed E-state index contributed by atoms with van der Waals surface area (Å²) in [5, 5.41) is 10.1. The number of nitrogens with one attached hydrogen (secondary N) is 2. The van der Waals surface area contributed by atoms with Gasteiger partial charge in [0.1, 0.15) is 12.2 Å². The molecule has 0 saturated carbocycles. The van der Waals surface area contributed by atoms with E-state index in [0.717, 1.165) is 31.8 Å². The lowest BCUT2D eigenvalue weighted by Gasteiger charge is -2.15. The standard InChI is InChI=1S/C9H16N4O/c1-7-8(3-5-14-7)10-4-2-9-11-6-12-13-9/h6-8,10H,2-5H2,1H3,(H,11,12,13). The Morgan fingerprint density at radius 1 is 1.71 bits per heavy atom. The van der Waals surface area contributed by atoms with Crippen molar-refractivity contribution in [1.82, 2.24) is 20.5 Å². The van der Waals surface area contributed by atoms with E-state index < -0.39 is 0 Å². The van der Waals surface area contributed by atoms with Gasteiger partial charge in [0.05, 0.1) is 6.10 Å². The molecule has 2 rings (SSSR count). The molecule has 1 aromatic rings. The zero-order valence-corrected chi connectivity index (χ0v) is 8.36. The highest BCUT2D eigenvalue weighted by Gasteiger charge is 2.22. The zero-order chi connectivity index (χ0) is 9.80. The van der Waals surface area contributed by atoms with Crippen LogP contribution >= 0.6 is 0 Å². The van der Waals surface area contributed by atoms with Gasteiger partial charge in [0, 0.05) is 25.6 Å². The number of hydrogen-bond donors (Lipinski definition) is 2. The number of aromatic amines is 1. The van der Waals surface area contributed by atoms with Crippen LogP contribution < -0.4 is 5.32 Å². The maximum absolute atomic E-state index is 5.45. The summed E-state index contributed by atoms with van der Waals surface area (Å²) in [6, 6.07) is 0.498. The minimum absolute atomic E-state index is 0.338. The number of rotatable bonds is 4. The van der Waals surface area contributed by atoms with E-state index >= 15 is 0 Å². The Kier molecular flexibility index (Phi) is 3.10. The van der Waals surface area contributed by atoms with Crippen molar-refractivity contribution < 1.29 is 4.74 Å². The van der Waals surface area contributed by atoms with Gasteiger partial charge in [-0.1, -0.05) is 0 Å². The van der Waals surface area contributed by atoms with Gasteiger partial charge in [-0.15, -0.1) is 0 Å². The maximum Gasteiger partial charge on any atom is 0.137 e. The van der Waals surface area contributed by atoms with E-state index in [0.29, 0.717) is 12.1 Å². The fourth-order valence-corrected chi connectivity index (χ4v) is 1.73. The largest absolute Gasteiger partial charge is 0.377 e. The third kappa shape index (κ3) is 2.30. The van der Waals surface area contributed by atoms with Crippen molar-refractivity contribution in [3.05, 3.63) is 12.2 Å². The van der Waals surface area contributed by atoms with Crippen molar-refractivity contribution >= 4 is 0 Å². The van der Waals surface area contributed by atoms with Gasteiger partial charge < -0.3 is 10.1 Å². The second kappa shape index (κ2) is 4.52. The van der Waals surface area contributed by atoms with Crippen LogP contribution in [0.2, 0.25) is 0 Å². The summed E-state index contributed by atoms with van der Waals surface area (Å²) in [6.07, 6.45) is 3.88. The van der Waals surface area contributed by atoms with Gasteiger partial charge in [0.25, 0.3) is 0 Å². The molecule has 2 N–H and O–H groups in total. The first-order valence-electron chi connectivity index (χ1n) is 5.05. The van der Waals surface area contributed by atoms with Gasteiger partial charge in [-0.2, -0.15) is 5.10 Å². The lowest BCUT2D eigenvalue weighted by atomic mass is 10.1. The summed E-state index contributed by atoms with van der Waals surface area (Å²) in [5.74, 6) is 0.934. The smallest absolute Gasteiger partial charge is 0.137 e. The second-order valence-electron chi connectivity index (χ2n) is 3.61. The van der Waals surface area contributed by atoms with Crippen LogP contribution in [-0.4, -0.2) is 40.5 Å². The molecule has 0 bridgehead atoms. The molecule has 0 radical (unpaired) electrons. The summed E-state index contributed by atoms with van der Waals surface area (Å²) in [7, 11) is 0. The normalized spacial score (nSPS) is 26.9. The Hall–Kier alpha value is -0.940. The van der Waals surface area contributed by atoms with Crippen molar-refractivity contribution in [1.29, 1.82) is 0 Å². The van der Waals surface area contributed by atoms with E-state index in [1.807, 2.05) is 0 Å². The highest BCUT2D eigenvalue weighted by Crippen LogP contribution is 2.12. The van der Waals surface area contributed by atoms with Crippen LogP contribution in [0.4, 0.5) is 0 Å². The molecule has 78 valence electrons. The van der Waals surface area contributed by atoms with Crippen molar-refractivity contribution in [3.63, 3.8) is 0 Å². The first-order chi connectivity index (χ1) is 6.86. The average molecular weight is 196 g/mol. The summed E-state index contributed by atoms with van der Waals surface area (Å²) < 4.78 is 5.45. The fourth-order valence-electron chi connectivity index (χ4n) is 1.73. The number of aromatic nitrogens is 3. The topological polar surface area (TPSA) is 62.8 Å². The van der Waals surface area contributed by atoms with E-state index in [9.17, 15) is 0 Å². The molecular formula is C9H16N4O. The minimum atomic E-state index is 0.338. The van der Waals surface area contributed by atoms with Crippen LogP contribution in [0.15, 0.2) is 6.33 Å². The molecule has 1 saturated heterocycles. The quantitative estimate of drug-likeness (QED) is 0.717. The molecule has 0 aromatic carbocycles. The Labute approximate surface area is 83.3 Å². The molecule has 2 atom stereocenters. The Morgan fingerprint density at radius 3 is 3.29 bits per heavy atom. The van der Waals surface area contributed by atoms with Crippen LogP contribution in [0.3, 0.4) is 0 Å². The summed E-state index contributed by atoms with van der Waals surface area (Å²) in [5.41, 5.74) is 0. The minimum Gasteiger partial charge on any atom is -0.377 e. The third-order valence-corrected chi connectivity index (χ3v) is 2.61. The molecule has 2 unspecified atom stereocenters. The molecule has 5 nitrogen and oxygen atoms in total. The van der Waals surface area contributed by atoms with E-state index in [1.165, 1.54) is 6.33 Å². The molecule has 1 aromatic heterocycles.